The number of benzene rings is 2. The first-order valence-corrected chi connectivity index (χ1v) is 8.29. The zero-order valence-corrected chi connectivity index (χ0v) is 13.4. The molecule has 0 spiro atoms. The fraction of sp³-hybridized carbons (Fsp3) is 0. The molecule has 2 aromatic carbocycles. The van der Waals surface area contributed by atoms with Gasteiger partial charge in [-0.3, -0.25) is 5.10 Å². The molecule has 0 aliphatic rings. The van der Waals surface area contributed by atoms with Crippen molar-refractivity contribution in [2.75, 3.05) is 5.32 Å². The molecule has 3 N–H and O–H groups in total. The molecule has 4 aromatic rings. The van der Waals surface area contributed by atoms with Crippen LogP contribution in [0.1, 0.15) is 11.3 Å². The van der Waals surface area contributed by atoms with Crippen LogP contribution in [0.2, 0.25) is 0 Å². The van der Waals surface area contributed by atoms with E-state index >= 15 is 0 Å². The standard InChI is InChI=1S/C18H14N4OS/c23-17-11-24-18(20-17)19-14-7-3-1-5-12(14)9-10-16-13-6-2-4-8-15(13)21-22-16/h1-11,23H,(H,19,20)(H,21,22). The van der Waals surface area contributed by atoms with Crippen molar-refractivity contribution in [3.8, 4) is 5.88 Å². The van der Waals surface area contributed by atoms with Gasteiger partial charge in [0.2, 0.25) is 5.88 Å². The van der Waals surface area contributed by atoms with E-state index in [2.05, 4.69) is 20.5 Å². The SMILES string of the molecule is Oc1csc(Nc2ccccc2C=Cc2n[nH]c3ccccc23)n1. The number of nitrogens with one attached hydrogen (secondary N) is 2. The van der Waals surface area contributed by atoms with Gasteiger partial charge in [0, 0.05) is 11.1 Å². The third-order valence-electron chi connectivity index (χ3n) is 3.62. The van der Waals surface area contributed by atoms with E-state index in [0.717, 1.165) is 27.8 Å². The number of H-pyrrole nitrogens is 1. The average molecular weight is 334 g/mol. The first-order valence-electron chi connectivity index (χ1n) is 7.41. The Morgan fingerprint density at radius 1 is 1.04 bits per heavy atom. The summed E-state index contributed by atoms with van der Waals surface area (Å²) in [5.41, 5.74) is 3.84. The van der Waals surface area contributed by atoms with Crippen molar-refractivity contribution in [1.29, 1.82) is 0 Å². The van der Waals surface area contributed by atoms with Gasteiger partial charge < -0.3 is 10.4 Å². The Labute approximate surface area is 142 Å². The van der Waals surface area contributed by atoms with Crippen LogP contribution in [0.5, 0.6) is 5.88 Å². The van der Waals surface area contributed by atoms with Crippen LogP contribution in [-0.2, 0) is 0 Å². The maximum Gasteiger partial charge on any atom is 0.223 e. The van der Waals surface area contributed by atoms with Crippen molar-refractivity contribution >= 4 is 45.2 Å². The molecule has 0 atom stereocenters. The molecule has 0 saturated heterocycles. The van der Waals surface area contributed by atoms with Gasteiger partial charge in [-0.05, 0) is 23.8 Å². The molecule has 2 heterocycles. The highest BCUT2D eigenvalue weighted by Crippen LogP contribution is 2.27. The molecule has 6 heteroatoms. The molecule has 0 unspecified atom stereocenters. The number of para-hydroxylation sites is 2. The summed E-state index contributed by atoms with van der Waals surface area (Å²) in [4.78, 5) is 4.02. The van der Waals surface area contributed by atoms with Crippen molar-refractivity contribution in [2.24, 2.45) is 0 Å². The van der Waals surface area contributed by atoms with Gasteiger partial charge >= 0.3 is 0 Å². The summed E-state index contributed by atoms with van der Waals surface area (Å²) in [5, 5.41) is 23.3. The normalized spacial score (nSPS) is 11.3. The Bertz CT molecular complexity index is 1020. The Kier molecular flexibility index (Phi) is 3.72. The Morgan fingerprint density at radius 3 is 2.75 bits per heavy atom. The number of aromatic amines is 1. The zero-order chi connectivity index (χ0) is 16.4. The van der Waals surface area contributed by atoms with Crippen molar-refractivity contribution in [3.05, 3.63) is 65.2 Å². The Balaban J connectivity index is 1.64. The molecule has 0 radical (unpaired) electrons. The summed E-state index contributed by atoms with van der Waals surface area (Å²) in [6, 6.07) is 16.0. The maximum absolute atomic E-state index is 9.36. The van der Waals surface area contributed by atoms with Crippen LogP contribution >= 0.6 is 11.3 Å². The van der Waals surface area contributed by atoms with Gasteiger partial charge in [-0.1, -0.05) is 42.5 Å². The minimum absolute atomic E-state index is 0.0264. The van der Waals surface area contributed by atoms with E-state index in [1.807, 2.05) is 60.7 Å². The van der Waals surface area contributed by atoms with Gasteiger partial charge in [0.15, 0.2) is 5.13 Å². The lowest BCUT2D eigenvalue weighted by Gasteiger charge is -2.06. The number of thiazole rings is 1. The van der Waals surface area contributed by atoms with E-state index in [1.54, 1.807) is 5.38 Å². The minimum atomic E-state index is 0.0264. The van der Waals surface area contributed by atoms with E-state index in [-0.39, 0.29) is 5.88 Å². The molecular weight excluding hydrogens is 320 g/mol. The van der Waals surface area contributed by atoms with Crippen molar-refractivity contribution in [2.45, 2.75) is 0 Å². The molecule has 118 valence electrons. The minimum Gasteiger partial charge on any atom is -0.493 e. The Hall–Kier alpha value is -3.12. The third-order valence-corrected chi connectivity index (χ3v) is 4.36. The predicted molar refractivity (Wildman–Crippen MR) is 98.5 cm³/mol. The van der Waals surface area contributed by atoms with Gasteiger partial charge in [-0.15, -0.1) is 11.3 Å². The number of aromatic hydroxyl groups is 1. The van der Waals surface area contributed by atoms with Crippen molar-refractivity contribution < 1.29 is 5.11 Å². The van der Waals surface area contributed by atoms with E-state index in [4.69, 9.17) is 0 Å². The second-order valence-corrected chi connectivity index (χ2v) is 6.07. The van der Waals surface area contributed by atoms with E-state index in [0.29, 0.717) is 5.13 Å². The van der Waals surface area contributed by atoms with Crippen LogP contribution in [0.3, 0.4) is 0 Å². The highest BCUT2D eigenvalue weighted by molar-refractivity contribution is 7.13. The smallest absolute Gasteiger partial charge is 0.223 e. The summed E-state index contributed by atoms with van der Waals surface area (Å²) >= 11 is 1.36. The summed E-state index contributed by atoms with van der Waals surface area (Å²) < 4.78 is 0. The number of aromatic nitrogens is 3. The number of fused-ring (bicyclic) bond motifs is 1. The third kappa shape index (κ3) is 2.87. The number of hydrogen-bond acceptors (Lipinski definition) is 5. The van der Waals surface area contributed by atoms with E-state index in [1.165, 1.54) is 11.3 Å². The molecule has 5 nitrogen and oxygen atoms in total. The molecule has 0 aliphatic carbocycles. The van der Waals surface area contributed by atoms with Gasteiger partial charge in [0.05, 0.1) is 16.6 Å². The zero-order valence-electron chi connectivity index (χ0n) is 12.6. The van der Waals surface area contributed by atoms with Gasteiger partial charge in [0.25, 0.3) is 0 Å². The number of nitrogens with zero attached hydrogens (tertiary/aromatic N) is 2. The second-order valence-electron chi connectivity index (χ2n) is 5.21. The van der Waals surface area contributed by atoms with Crippen molar-refractivity contribution in [3.63, 3.8) is 0 Å². The average Bonchev–Trinajstić information content (AvgIpc) is 3.20. The van der Waals surface area contributed by atoms with Crippen LogP contribution in [-0.4, -0.2) is 20.3 Å². The van der Waals surface area contributed by atoms with E-state index in [9.17, 15) is 5.11 Å². The quantitative estimate of drug-likeness (QED) is 0.508. The predicted octanol–water partition coefficient (Wildman–Crippen LogP) is 4.64. The lowest BCUT2D eigenvalue weighted by atomic mass is 10.1. The largest absolute Gasteiger partial charge is 0.493 e. The van der Waals surface area contributed by atoms with Gasteiger partial charge in [0.1, 0.15) is 0 Å². The first-order chi connectivity index (χ1) is 11.8. The van der Waals surface area contributed by atoms with Crippen molar-refractivity contribution in [1.82, 2.24) is 15.2 Å². The van der Waals surface area contributed by atoms with Crippen LogP contribution in [0.4, 0.5) is 10.8 Å². The molecule has 0 bridgehead atoms. The molecule has 24 heavy (non-hydrogen) atoms. The van der Waals surface area contributed by atoms with Crippen LogP contribution in [0.25, 0.3) is 23.1 Å². The maximum atomic E-state index is 9.36. The topological polar surface area (TPSA) is 73.8 Å². The molecular formula is C18H14N4OS. The highest BCUT2D eigenvalue weighted by Gasteiger charge is 2.05. The number of hydrogen-bond donors (Lipinski definition) is 3. The van der Waals surface area contributed by atoms with Gasteiger partial charge in [-0.25, -0.2) is 0 Å². The molecule has 4 rings (SSSR count). The molecule has 0 amide bonds. The Morgan fingerprint density at radius 2 is 1.88 bits per heavy atom. The monoisotopic (exact) mass is 334 g/mol. The molecule has 2 aromatic heterocycles. The fourth-order valence-electron chi connectivity index (χ4n) is 2.47. The number of anilines is 2. The lowest BCUT2D eigenvalue weighted by molar-refractivity contribution is 0.458. The highest BCUT2D eigenvalue weighted by atomic mass is 32.1. The molecule has 0 saturated carbocycles. The first kappa shape index (κ1) is 14.5. The molecule has 0 fully saturated rings. The van der Waals surface area contributed by atoms with Crippen LogP contribution < -0.4 is 5.32 Å². The summed E-state index contributed by atoms with van der Waals surface area (Å²) in [7, 11) is 0. The van der Waals surface area contributed by atoms with Crippen LogP contribution in [0, 0.1) is 0 Å². The summed E-state index contributed by atoms with van der Waals surface area (Å²) in [6.07, 6.45) is 4.00. The lowest BCUT2D eigenvalue weighted by Crippen LogP contribution is -1.91. The fourth-order valence-corrected chi connectivity index (χ4v) is 3.06. The van der Waals surface area contributed by atoms with Gasteiger partial charge in [-0.2, -0.15) is 10.1 Å². The van der Waals surface area contributed by atoms with E-state index < -0.39 is 0 Å². The summed E-state index contributed by atoms with van der Waals surface area (Å²) in [5.74, 6) is 0.0264. The summed E-state index contributed by atoms with van der Waals surface area (Å²) in [6.45, 7) is 0. The number of rotatable bonds is 4. The van der Waals surface area contributed by atoms with Crippen LogP contribution in [0.15, 0.2) is 53.9 Å². The molecule has 0 aliphatic heterocycles. The second kappa shape index (κ2) is 6.17.